The van der Waals surface area contributed by atoms with Crippen molar-refractivity contribution in [3.63, 3.8) is 0 Å². The molecule has 1 aromatic carbocycles. The Hall–Kier alpha value is -1.39. The van der Waals surface area contributed by atoms with E-state index in [9.17, 15) is 4.39 Å². The molecule has 0 radical (unpaired) electrons. The van der Waals surface area contributed by atoms with Crippen molar-refractivity contribution < 1.29 is 4.39 Å². The van der Waals surface area contributed by atoms with Crippen molar-refractivity contribution in [2.45, 2.75) is 19.4 Å². The van der Waals surface area contributed by atoms with E-state index in [0.717, 1.165) is 17.8 Å². The second-order valence-electron chi connectivity index (χ2n) is 4.46. The number of hydrogen-bond donors (Lipinski definition) is 1. The van der Waals surface area contributed by atoms with E-state index in [4.69, 9.17) is 11.6 Å². The molecule has 0 amide bonds. The van der Waals surface area contributed by atoms with Gasteiger partial charge in [0.15, 0.2) is 0 Å². The van der Waals surface area contributed by atoms with Gasteiger partial charge in [0, 0.05) is 18.3 Å². The van der Waals surface area contributed by atoms with Crippen LogP contribution in [-0.2, 0) is 13.5 Å². The van der Waals surface area contributed by atoms with E-state index < -0.39 is 0 Å². The molecule has 5 heteroatoms. The lowest BCUT2D eigenvalue weighted by molar-refractivity contribution is 0.527. The molecule has 0 saturated heterocycles. The molecule has 1 atom stereocenters. The second kappa shape index (κ2) is 6.17. The van der Waals surface area contributed by atoms with Crippen molar-refractivity contribution in [1.29, 1.82) is 0 Å². The van der Waals surface area contributed by atoms with Gasteiger partial charge in [0.1, 0.15) is 5.82 Å². The van der Waals surface area contributed by atoms with Gasteiger partial charge in [0.05, 0.1) is 11.7 Å². The fraction of sp³-hybridized carbons (Fsp3) is 0.357. The van der Waals surface area contributed by atoms with Crippen LogP contribution in [0.25, 0.3) is 0 Å². The fourth-order valence-corrected chi connectivity index (χ4v) is 2.30. The lowest BCUT2D eigenvalue weighted by Crippen LogP contribution is -2.23. The molecule has 2 aromatic rings. The summed E-state index contributed by atoms with van der Waals surface area (Å²) < 4.78 is 14.8. The van der Waals surface area contributed by atoms with Crippen LogP contribution in [0.15, 0.2) is 30.5 Å². The molecule has 3 nitrogen and oxygen atoms in total. The van der Waals surface area contributed by atoms with Gasteiger partial charge in [-0.15, -0.1) is 0 Å². The molecular weight excluding hydrogens is 265 g/mol. The average Bonchev–Trinajstić information content (AvgIpc) is 2.78. The van der Waals surface area contributed by atoms with Crippen molar-refractivity contribution >= 4 is 11.6 Å². The van der Waals surface area contributed by atoms with Gasteiger partial charge in [-0.2, -0.15) is 5.10 Å². The van der Waals surface area contributed by atoms with E-state index >= 15 is 0 Å². The second-order valence-corrected chi connectivity index (χ2v) is 4.87. The third-order valence-corrected chi connectivity index (χ3v) is 3.33. The molecule has 0 spiro atoms. The molecule has 102 valence electrons. The van der Waals surface area contributed by atoms with Gasteiger partial charge in [-0.05, 0) is 36.7 Å². The van der Waals surface area contributed by atoms with Gasteiger partial charge < -0.3 is 5.32 Å². The number of hydrogen-bond acceptors (Lipinski definition) is 2. The topological polar surface area (TPSA) is 29.9 Å². The predicted molar refractivity (Wildman–Crippen MR) is 74.7 cm³/mol. The highest BCUT2D eigenvalue weighted by molar-refractivity contribution is 6.31. The first-order chi connectivity index (χ1) is 9.10. The van der Waals surface area contributed by atoms with Crippen molar-refractivity contribution in [1.82, 2.24) is 15.1 Å². The lowest BCUT2D eigenvalue weighted by Gasteiger charge is -2.16. The van der Waals surface area contributed by atoms with Crippen LogP contribution in [0.3, 0.4) is 0 Å². The standard InChI is InChI=1S/C14H17ClFN3/c1-3-17-14(13-6-7-19(2)18-13)8-10-4-5-11(16)9-12(10)15/h4-7,9,14,17H,3,8H2,1-2H3. The van der Waals surface area contributed by atoms with Gasteiger partial charge >= 0.3 is 0 Å². The molecule has 0 bridgehead atoms. The van der Waals surface area contributed by atoms with Gasteiger partial charge in [0.2, 0.25) is 0 Å². The Morgan fingerprint density at radius 1 is 1.42 bits per heavy atom. The van der Waals surface area contributed by atoms with Crippen LogP contribution in [0.4, 0.5) is 4.39 Å². The van der Waals surface area contributed by atoms with Crippen molar-refractivity contribution in [2.75, 3.05) is 6.54 Å². The highest BCUT2D eigenvalue weighted by Crippen LogP contribution is 2.23. The Labute approximate surface area is 117 Å². The van der Waals surface area contributed by atoms with E-state index in [0.29, 0.717) is 11.4 Å². The molecule has 1 aromatic heterocycles. The summed E-state index contributed by atoms with van der Waals surface area (Å²) in [7, 11) is 1.89. The monoisotopic (exact) mass is 281 g/mol. The van der Waals surface area contributed by atoms with Gasteiger partial charge in [-0.25, -0.2) is 4.39 Å². The molecule has 0 aliphatic carbocycles. The summed E-state index contributed by atoms with van der Waals surface area (Å²) in [6.07, 6.45) is 2.59. The van der Waals surface area contributed by atoms with Gasteiger partial charge in [0.25, 0.3) is 0 Å². The van der Waals surface area contributed by atoms with Crippen molar-refractivity contribution in [3.8, 4) is 0 Å². The lowest BCUT2D eigenvalue weighted by atomic mass is 10.0. The number of nitrogens with one attached hydrogen (secondary N) is 1. The Kier molecular flexibility index (Phi) is 4.56. The summed E-state index contributed by atoms with van der Waals surface area (Å²) in [6.45, 7) is 2.88. The zero-order valence-corrected chi connectivity index (χ0v) is 11.8. The van der Waals surface area contributed by atoms with Crippen LogP contribution >= 0.6 is 11.6 Å². The summed E-state index contributed by atoms with van der Waals surface area (Å²) in [4.78, 5) is 0. The molecule has 0 saturated carbocycles. The molecule has 2 rings (SSSR count). The number of rotatable bonds is 5. The predicted octanol–water partition coefficient (Wildman–Crippen LogP) is 3.11. The molecule has 19 heavy (non-hydrogen) atoms. The number of halogens is 2. The first-order valence-electron chi connectivity index (χ1n) is 6.27. The normalized spacial score (nSPS) is 12.6. The quantitative estimate of drug-likeness (QED) is 0.913. The first kappa shape index (κ1) is 14.0. The number of aromatic nitrogens is 2. The molecule has 0 aliphatic rings. The van der Waals surface area contributed by atoms with Crippen LogP contribution in [0, 0.1) is 5.82 Å². The van der Waals surface area contributed by atoms with E-state index in [-0.39, 0.29) is 11.9 Å². The molecular formula is C14H17ClFN3. The van der Waals surface area contributed by atoms with Gasteiger partial charge in [-0.1, -0.05) is 24.6 Å². The third kappa shape index (κ3) is 3.55. The Balaban J connectivity index is 2.21. The summed E-state index contributed by atoms with van der Waals surface area (Å²) in [5, 5.41) is 8.24. The van der Waals surface area contributed by atoms with Crippen LogP contribution < -0.4 is 5.32 Å². The number of aryl methyl sites for hydroxylation is 1. The van der Waals surface area contributed by atoms with Gasteiger partial charge in [-0.3, -0.25) is 4.68 Å². The maximum atomic E-state index is 13.0. The Morgan fingerprint density at radius 2 is 2.21 bits per heavy atom. The zero-order chi connectivity index (χ0) is 13.8. The maximum Gasteiger partial charge on any atom is 0.124 e. The first-order valence-corrected chi connectivity index (χ1v) is 6.64. The SMILES string of the molecule is CCNC(Cc1ccc(F)cc1Cl)c1ccn(C)n1. The fourth-order valence-electron chi connectivity index (χ4n) is 2.05. The highest BCUT2D eigenvalue weighted by atomic mass is 35.5. The van der Waals surface area contributed by atoms with E-state index in [1.54, 1.807) is 10.7 Å². The molecule has 0 aliphatic heterocycles. The minimum Gasteiger partial charge on any atom is -0.309 e. The van der Waals surface area contributed by atoms with Crippen LogP contribution in [0.5, 0.6) is 0 Å². The molecule has 1 unspecified atom stereocenters. The van der Waals surface area contributed by atoms with E-state index in [1.807, 2.05) is 26.2 Å². The molecule has 1 heterocycles. The summed E-state index contributed by atoms with van der Waals surface area (Å²) in [6, 6.07) is 6.56. The number of nitrogens with zero attached hydrogens (tertiary/aromatic N) is 2. The summed E-state index contributed by atoms with van der Waals surface area (Å²) in [5.74, 6) is -0.313. The van der Waals surface area contributed by atoms with Crippen LogP contribution in [0.2, 0.25) is 5.02 Å². The van der Waals surface area contributed by atoms with Crippen LogP contribution in [0.1, 0.15) is 24.2 Å². The number of benzene rings is 1. The van der Waals surface area contributed by atoms with Crippen LogP contribution in [-0.4, -0.2) is 16.3 Å². The van der Waals surface area contributed by atoms with Crippen molar-refractivity contribution in [2.24, 2.45) is 7.05 Å². The van der Waals surface area contributed by atoms with E-state index in [2.05, 4.69) is 10.4 Å². The maximum absolute atomic E-state index is 13.0. The minimum absolute atomic E-state index is 0.0779. The van der Waals surface area contributed by atoms with E-state index in [1.165, 1.54) is 12.1 Å². The zero-order valence-electron chi connectivity index (χ0n) is 11.0. The Bertz CT molecular complexity index is 553. The van der Waals surface area contributed by atoms with Crippen molar-refractivity contribution in [3.05, 3.63) is 52.6 Å². The highest BCUT2D eigenvalue weighted by Gasteiger charge is 2.15. The molecule has 1 N–H and O–H groups in total. The Morgan fingerprint density at radius 3 is 2.79 bits per heavy atom. The minimum atomic E-state index is -0.313. The summed E-state index contributed by atoms with van der Waals surface area (Å²) >= 11 is 6.07. The molecule has 0 fully saturated rings. The number of likely N-dealkylation sites (N-methyl/N-ethyl adjacent to an activating group) is 1. The smallest absolute Gasteiger partial charge is 0.124 e. The summed E-state index contributed by atoms with van der Waals surface area (Å²) in [5.41, 5.74) is 1.88. The largest absolute Gasteiger partial charge is 0.309 e. The third-order valence-electron chi connectivity index (χ3n) is 2.98. The average molecular weight is 282 g/mol.